The average molecular weight is 328 g/mol. The highest BCUT2D eigenvalue weighted by Gasteiger charge is 2.17. The van der Waals surface area contributed by atoms with Crippen molar-refractivity contribution in [3.8, 4) is 5.75 Å². The quantitative estimate of drug-likeness (QED) is 0.938. The normalized spacial score (nSPS) is 12.2. The highest BCUT2D eigenvalue weighted by molar-refractivity contribution is 9.10. The standard InChI is InChI=1S/C13H12BrClN2O/c1-18-11-3-2-6-17-13(11)12(16)9-5-4-8(14)7-10(9)15/h2-7,12H,16H2,1H3. The molecule has 1 atom stereocenters. The SMILES string of the molecule is COc1cccnc1C(N)c1ccc(Br)cc1Cl. The van der Waals surface area contributed by atoms with Gasteiger partial charge in [-0.1, -0.05) is 33.6 Å². The molecule has 0 amide bonds. The number of hydrogen-bond acceptors (Lipinski definition) is 3. The minimum atomic E-state index is -0.415. The Morgan fingerprint density at radius 1 is 1.39 bits per heavy atom. The van der Waals surface area contributed by atoms with Gasteiger partial charge >= 0.3 is 0 Å². The maximum Gasteiger partial charge on any atom is 0.142 e. The summed E-state index contributed by atoms with van der Waals surface area (Å²) in [6.45, 7) is 0. The van der Waals surface area contributed by atoms with E-state index in [1.54, 1.807) is 19.4 Å². The van der Waals surface area contributed by atoms with Crippen molar-refractivity contribution in [3.05, 3.63) is 57.3 Å². The van der Waals surface area contributed by atoms with Gasteiger partial charge in [-0.25, -0.2) is 0 Å². The van der Waals surface area contributed by atoms with Crippen molar-refractivity contribution in [2.24, 2.45) is 5.73 Å². The minimum absolute atomic E-state index is 0.415. The number of methoxy groups -OCH3 is 1. The second-order valence-corrected chi connectivity index (χ2v) is 5.06. The summed E-state index contributed by atoms with van der Waals surface area (Å²) in [7, 11) is 1.59. The molecule has 0 aliphatic rings. The van der Waals surface area contributed by atoms with Crippen LogP contribution in [0.4, 0.5) is 0 Å². The van der Waals surface area contributed by atoms with Gasteiger partial charge < -0.3 is 10.5 Å². The molecular formula is C13H12BrClN2O. The van der Waals surface area contributed by atoms with Gasteiger partial charge in [0.1, 0.15) is 11.4 Å². The number of ether oxygens (including phenoxy) is 1. The van der Waals surface area contributed by atoms with E-state index in [0.29, 0.717) is 16.5 Å². The molecule has 1 aromatic carbocycles. The van der Waals surface area contributed by atoms with Crippen LogP contribution in [-0.2, 0) is 0 Å². The maximum absolute atomic E-state index is 6.20. The zero-order valence-electron chi connectivity index (χ0n) is 9.73. The third-order valence-electron chi connectivity index (χ3n) is 2.61. The van der Waals surface area contributed by atoms with E-state index in [4.69, 9.17) is 22.1 Å². The third-order valence-corrected chi connectivity index (χ3v) is 3.43. The second-order valence-electron chi connectivity index (χ2n) is 3.73. The predicted molar refractivity (Wildman–Crippen MR) is 76.0 cm³/mol. The Hall–Kier alpha value is -1.10. The molecule has 18 heavy (non-hydrogen) atoms. The molecule has 94 valence electrons. The molecule has 0 fully saturated rings. The molecule has 2 aromatic rings. The van der Waals surface area contributed by atoms with Crippen LogP contribution in [0.1, 0.15) is 17.3 Å². The summed E-state index contributed by atoms with van der Waals surface area (Å²) >= 11 is 9.56. The highest BCUT2D eigenvalue weighted by atomic mass is 79.9. The average Bonchev–Trinajstić information content (AvgIpc) is 2.38. The summed E-state index contributed by atoms with van der Waals surface area (Å²) in [5.74, 6) is 0.656. The molecule has 0 radical (unpaired) electrons. The van der Waals surface area contributed by atoms with Crippen LogP contribution in [0, 0.1) is 0 Å². The summed E-state index contributed by atoms with van der Waals surface area (Å²) in [4.78, 5) is 4.27. The molecule has 1 heterocycles. The second kappa shape index (κ2) is 5.69. The Kier molecular flexibility index (Phi) is 4.22. The fraction of sp³-hybridized carbons (Fsp3) is 0.154. The van der Waals surface area contributed by atoms with E-state index in [0.717, 1.165) is 10.0 Å². The summed E-state index contributed by atoms with van der Waals surface area (Å²) in [6.07, 6.45) is 1.68. The fourth-order valence-corrected chi connectivity index (χ4v) is 2.50. The van der Waals surface area contributed by atoms with Crippen molar-refractivity contribution in [1.82, 2.24) is 4.98 Å². The number of aromatic nitrogens is 1. The number of halogens is 2. The topological polar surface area (TPSA) is 48.1 Å². The molecule has 2 N–H and O–H groups in total. The number of nitrogens with two attached hydrogens (primary N) is 1. The van der Waals surface area contributed by atoms with E-state index in [1.807, 2.05) is 24.3 Å². The van der Waals surface area contributed by atoms with Gasteiger partial charge in [0.2, 0.25) is 0 Å². The Labute approximate surface area is 119 Å². The summed E-state index contributed by atoms with van der Waals surface area (Å²) in [5.41, 5.74) is 7.69. The Morgan fingerprint density at radius 2 is 2.17 bits per heavy atom. The zero-order chi connectivity index (χ0) is 13.1. The van der Waals surface area contributed by atoms with Gasteiger partial charge in [0.25, 0.3) is 0 Å². The molecule has 0 bridgehead atoms. The third kappa shape index (κ3) is 2.66. The molecule has 5 heteroatoms. The molecule has 0 saturated carbocycles. The molecule has 1 unspecified atom stereocenters. The van der Waals surface area contributed by atoms with Gasteiger partial charge in [-0.05, 0) is 29.8 Å². The van der Waals surface area contributed by atoms with Gasteiger partial charge in [0.15, 0.2) is 0 Å². The van der Waals surface area contributed by atoms with Crippen LogP contribution in [-0.4, -0.2) is 12.1 Å². The highest BCUT2D eigenvalue weighted by Crippen LogP contribution is 2.31. The van der Waals surface area contributed by atoms with Crippen molar-refractivity contribution in [2.75, 3.05) is 7.11 Å². The van der Waals surface area contributed by atoms with E-state index >= 15 is 0 Å². The van der Waals surface area contributed by atoms with E-state index in [9.17, 15) is 0 Å². The van der Waals surface area contributed by atoms with Crippen LogP contribution in [0.5, 0.6) is 5.75 Å². The van der Waals surface area contributed by atoms with Gasteiger partial charge in [-0.15, -0.1) is 0 Å². The van der Waals surface area contributed by atoms with E-state index < -0.39 is 6.04 Å². The van der Waals surface area contributed by atoms with Crippen molar-refractivity contribution in [2.45, 2.75) is 6.04 Å². The lowest BCUT2D eigenvalue weighted by Crippen LogP contribution is -2.15. The first kappa shape index (κ1) is 13.3. The van der Waals surface area contributed by atoms with E-state index in [2.05, 4.69) is 20.9 Å². The van der Waals surface area contributed by atoms with Crippen LogP contribution in [0.25, 0.3) is 0 Å². The molecular weight excluding hydrogens is 316 g/mol. The first-order valence-corrected chi connectivity index (χ1v) is 6.50. The van der Waals surface area contributed by atoms with Gasteiger partial charge in [-0.3, -0.25) is 4.98 Å². The van der Waals surface area contributed by atoms with Crippen LogP contribution in [0.3, 0.4) is 0 Å². The molecule has 3 nitrogen and oxygen atoms in total. The Morgan fingerprint density at radius 3 is 2.83 bits per heavy atom. The van der Waals surface area contributed by atoms with Crippen molar-refractivity contribution >= 4 is 27.5 Å². The first-order chi connectivity index (χ1) is 8.63. The van der Waals surface area contributed by atoms with E-state index in [1.165, 1.54) is 0 Å². The van der Waals surface area contributed by atoms with Crippen molar-refractivity contribution < 1.29 is 4.74 Å². The summed E-state index contributed by atoms with van der Waals surface area (Å²) in [5, 5.41) is 0.601. The van der Waals surface area contributed by atoms with Crippen molar-refractivity contribution in [3.63, 3.8) is 0 Å². The predicted octanol–water partition coefficient (Wildman–Crippen LogP) is 3.55. The molecule has 0 spiro atoms. The number of hydrogen-bond donors (Lipinski definition) is 1. The molecule has 0 aliphatic heterocycles. The monoisotopic (exact) mass is 326 g/mol. The van der Waals surface area contributed by atoms with Crippen LogP contribution in [0.2, 0.25) is 5.02 Å². The van der Waals surface area contributed by atoms with E-state index in [-0.39, 0.29) is 0 Å². The summed E-state index contributed by atoms with van der Waals surface area (Å²) < 4.78 is 6.17. The number of pyridine rings is 1. The lowest BCUT2D eigenvalue weighted by Gasteiger charge is -2.16. The van der Waals surface area contributed by atoms with Crippen LogP contribution < -0.4 is 10.5 Å². The smallest absolute Gasteiger partial charge is 0.142 e. The maximum atomic E-state index is 6.20. The largest absolute Gasteiger partial charge is 0.495 e. The minimum Gasteiger partial charge on any atom is -0.495 e. The molecule has 0 saturated heterocycles. The number of nitrogens with zero attached hydrogens (tertiary/aromatic N) is 1. The van der Waals surface area contributed by atoms with Gasteiger partial charge in [0.05, 0.1) is 13.2 Å². The lowest BCUT2D eigenvalue weighted by atomic mass is 10.0. The van der Waals surface area contributed by atoms with Crippen molar-refractivity contribution in [1.29, 1.82) is 0 Å². The molecule has 2 rings (SSSR count). The Balaban J connectivity index is 2.44. The summed E-state index contributed by atoms with van der Waals surface area (Å²) in [6, 6.07) is 8.81. The van der Waals surface area contributed by atoms with Gasteiger partial charge in [-0.2, -0.15) is 0 Å². The zero-order valence-corrected chi connectivity index (χ0v) is 12.1. The fourth-order valence-electron chi connectivity index (χ4n) is 1.71. The lowest BCUT2D eigenvalue weighted by molar-refractivity contribution is 0.404. The Bertz CT molecular complexity index is 562. The van der Waals surface area contributed by atoms with Crippen LogP contribution in [0.15, 0.2) is 41.0 Å². The number of rotatable bonds is 3. The van der Waals surface area contributed by atoms with Crippen LogP contribution >= 0.6 is 27.5 Å². The molecule has 1 aromatic heterocycles. The van der Waals surface area contributed by atoms with Gasteiger partial charge in [0, 0.05) is 15.7 Å². The number of benzene rings is 1. The molecule has 0 aliphatic carbocycles. The first-order valence-electron chi connectivity index (χ1n) is 5.33.